The zero-order valence-electron chi connectivity index (χ0n) is 17.0. The second kappa shape index (κ2) is 7.91. The van der Waals surface area contributed by atoms with Gasteiger partial charge in [-0.3, -0.25) is 14.5 Å². The topological polar surface area (TPSA) is 69.0 Å². The summed E-state index contributed by atoms with van der Waals surface area (Å²) in [5, 5.41) is 9.50. The number of hydrogen-bond donors (Lipinski definition) is 1. The highest BCUT2D eigenvalue weighted by molar-refractivity contribution is 6.11. The summed E-state index contributed by atoms with van der Waals surface area (Å²) in [7, 11) is 1.83. The fourth-order valence-electron chi connectivity index (χ4n) is 4.41. The Morgan fingerprint density at radius 2 is 1.72 bits per heavy atom. The van der Waals surface area contributed by atoms with Crippen molar-refractivity contribution in [2.45, 2.75) is 19.4 Å². The fraction of sp³-hybridized carbons (Fsp3) is 0.455. The first-order valence-electron chi connectivity index (χ1n) is 10.3. The van der Waals surface area contributed by atoms with Crippen LogP contribution in [0.25, 0.3) is 0 Å². The summed E-state index contributed by atoms with van der Waals surface area (Å²) in [6.07, 6.45) is 2.67. The number of nitrogens with zero attached hydrogens (tertiary/aromatic N) is 4. The number of carbonyl (C=O) groups excluding carboxylic acids is 2. The van der Waals surface area contributed by atoms with Crippen LogP contribution in [0.4, 0.5) is 5.69 Å². The van der Waals surface area contributed by atoms with E-state index in [1.165, 1.54) is 0 Å². The van der Waals surface area contributed by atoms with E-state index in [0.29, 0.717) is 24.3 Å². The van der Waals surface area contributed by atoms with Crippen molar-refractivity contribution in [1.82, 2.24) is 14.4 Å². The second-order valence-corrected chi connectivity index (χ2v) is 7.86. The molecule has 7 nitrogen and oxygen atoms in total. The molecule has 0 aliphatic carbocycles. The highest BCUT2D eigenvalue weighted by atomic mass is 16.3. The van der Waals surface area contributed by atoms with Gasteiger partial charge in [-0.05, 0) is 36.8 Å². The van der Waals surface area contributed by atoms with E-state index in [2.05, 4.69) is 16.7 Å². The van der Waals surface area contributed by atoms with Crippen LogP contribution in [0.3, 0.4) is 0 Å². The summed E-state index contributed by atoms with van der Waals surface area (Å²) in [6.45, 7) is 6.27. The number of aromatic hydroxyl groups is 1. The first-order valence-corrected chi connectivity index (χ1v) is 10.3. The minimum Gasteiger partial charge on any atom is -0.508 e. The van der Waals surface area contributed by atoms with Crippen LogP contribution in [-0.4, -0.2) is 76.5 Å². The summed E-state index contributed by atoms with van der Waals surface area (Å²) in [5.41, 5.74) is 2.12. The number of phenolic OH excluding ortho intramolecular Hbond substituents is 1. The van der Waals surface area contributed by atoms with Gasteiger partial charge in [0, 0.05) is 58.2 Å². The first kappa shape index (κ1) is 19.5. The Labute approximate surface area is 171 Å². The minimum atomic E-state index is -0.317. The van der Waals surface area contributed by atoms with Crippen LogP contribution in [-0.2, 0) is 7.05 Å². The number of phenols is 1. The molecule has 1 aromatic carbocycles. The standard InChI is InChI=1S/C22H28N4O3/c1-3-9-26-15-19(21(28)20-18(22(26)29)8-10-23(20)2)25-13-11-24(12-14-25)16-4-6-17(27)7-5-16/h4-8,10,19,27H,3,9,11-15H2,1-2H3. The van der Waals surface area contributed by atoms with Gasteiger partial charge in [-0.25, -0.2) is 0 Å². The average Bonchev–Trinajstić information content (AvgIpc) is 3.08. The number of rotatable bonds is 4. The Balaban J connectivity index is 1.54. The highest BCUT2D eigenvalue weighted by Gasteiger charge is 2.39. The molecule has 1 aromatic heterocycles. The van der Waals surface area contributed by atoms with Gasteiger partial charge >= 0.3 is 0 Å². The summed E-state index contributed by atoms with van der Waals surface area (Å²) in [5.74, 6) is 0.258. The summed E-state index contributed by atoms with van der Waals surface area (Å²) < 4.78 is 1.78. The van der Waals surface area contributed by atoms with Gasteiger partial charge in [0.05, 0.1) is 17.3 Å². The largest absolute Gasteiger partial charge is 0.508 e. The summed E-state index contributed by atoms with van der Waals surface area (Å²) in [4.78, 5) is 32.7. The van der Waals surface area contributed by atoms with Crippen molar-refractivity contribution >= 4 is 17.4 Å². The molecule has 7 heteroatoms. The lowest BCUT2D eigenvalue weighted by Gasteiger charge is -2.40. The number of hydrogen-bond acceptors (Lipinski definition) is 5. The van der Waals surface area contributed by atoms with Gasteiger partial charge in [0.2, 0.25) is 0 Å². The predicted molar refractivity (Wildman–Crippen MR) is 112 cm³/mol. The third-order valence-corrected chi connectivity index (χ3v) is 5.98. The van der Waals surface area contributed by atoms with Crippen LogP contribution < -0.4 is 4.90 Å². The van der Waals surface area contributed by atoms with Gasteiger partial charge in [-0.15, -0.1) is 0 Å². The Morgan fingerprint density at radius 3 is 2.38 bits per heavy atom. The van der Waals surface area contributed by atoms with Gasteiger partial charge in [0.15, 0.2) is 5.78 Å². The SMILES string of the molecule is CCCN1CC(N2CCN(c3ccc(O)cc3)CC2)C(=O)c2c(ccn2C)C1=O. The Bertz CT molecular complexity index is 897. The van der Waals surface area contributed by atoms with E-state index < -0.39 is 0 Å². The van der Waals surface area contributed by atoms with E-state index >= 15 is 0 Å². The van der Waals surface area contributed by atoms with Crippen molar-refractivity contribution in [2.24, 2.45) is 7.05 Å². The van der Waals surface area contributed by atoms with Gasteiger partial charge in [0.1, 0.15) is 5.75 Å². The molecule has 2 aromatic rings. The molecule has 1 atom stereocenters. The highest BCUT2D eigenvalue weighted by Crippen LogP contribution is 2.25. The van der Waals surface area contributed by atoms with E-state index in [4.69, 9.17) is 0 Å². The molecule has 0 spiro atoms. The number of anilines is 1. The molecular weight excluding hydrogens is 368 g/mol. The zero-order chi connectivity index (χ0) is 20.5. The first-order chi connectivity index (χ1) is 14.0. The molecule has 2 aliphatic heterocycles. The van der Waals surface area contributed by atoms with Gasteiger partial charge in [-0.1, -0.05) is 6.92 Å². The minimum absolute atomic E-state index is 0.0394. The van der Waals surface area contributed by atoms with E-state index in [9.17, 15) is 14.7 Å². The molecule has 154 valence electrons. The van der Waals surface area contributed by atoms with Crippen LogP contribution in [0.5, 0.6) is 5.75 Å². The fourth-order valence-corrected chi connectivity index (χ4v) is 4.41. The molecule has 0 radical (unpaired) electrons. The van der Waals surface area contributed by atoms with Crippen LogP contribution in [0.2, 0.25) is 0 Å². The van der Waals surface area contributed by atoms with Gasteiger partial charge in [0.25, 0.3) is 5.91 Å². The average molecular weight is 396 g/mol. The molecule has 1 saturated heterocycles. The smallest absolute Gasteiger partial charge is 0.256 e. The number of amides is 1. The molecule has 29 heavy (non-hydrogen) atoms. The molecular formula is C22H28N4O3. The molecule has 0 bridgehead atoms. The quantitative estimate of drug-likeness (QED) is 0.856. The summed E-state index contributed by atoms with van der Waals surface area (Å²) in [6, 6.07) is 8.67. The number of carbonyl (C=O) groups is 2. The number of Topliss-reactive ketones (excluding diaryl/α,β-unsaturated/α-hetero) is 1. The van der Waals surface area contributed by atoms with Crippen molar-refractivity contribution in [1.29, 1.82) is 0 Å². The molecule has 1 unspecified atom stereocenters. The van der Waals surface area contributed by atoms with E-state index in [-0.39, 0.29) is 23.5 Å². The number of aryl methyl sites for hydroxylation is 1. The Morgan fingerprint density at radius 1 is 1.03 bits per heavy atom. The van der Waals surface area contributed by atoms with Gasteiger partial charge in [-0.2, -0.15) is 0 Å². The molecule has 4 rings (SSSR count). The number of aromatic nitrogens is 1. The van der Waals surface area contributed by atoms with Crippen molar-refractivity contribution in [3.8, 4) is 5.75 Å². The van der Waals surface area contributed by atoms with Crippen LogP contribution in [0.1, 0.15) is 34.2 Å². The third kappa shape index (κ3) is 3.62. The van der Waals surface area contributed by atoms with Crippen LogP contribution in [0, 0.1) is 0 Å². The number of fused-ring (bicyclic) bond motifs is 1. The van der Waals surface area contributed by atoms with Crippen molar-refractivity contribution in [3.63, 3.8) is 0 Å². The van der Waals surface area contributed by atoms with E-state index in [1.807, 2.05) is 24.1 Å². The lowest BCUT2D eigenvalue weighted by Crippen LogP contribution is -2.56. The van der Waals surface area contributed by atoms with E-state index in [1.54, 1.807) is 29.0 Å². The number of benzene rings is 1. The maximum absolute atomic E-state index is 13.4. The molecule has 0 saturated carbocycles. The van der Waals surface area contributed by atoms with Crippen LogP contribution >= 0.6 is 0 Å². The van der Waals surface area contributed by atoms with Gasteiger partial charge < -0.3 is 19.5 Å². The second-order valence-electron chi connectivity index (χ2n) is 7.86. The lowest BCUT2D eigenvalue weighted by molar-refractivity contribution is 0.0641. The van der Waals surface area contributed by atoms with Crippen molar-refractivity contribution < 1.29 is 14.7 Å². The third-order valence-electron chi connectivity index (χ3n) is 5.98. The lowest BCUT2D eigenvalue weighted by atomic mass is 10.1. The zero-order valence-corrected chi connectivity index (χ0v) is 17.0. The molecule has 1 fully saturated rings. The maximum Gasteiger partial charge on any atom is 0.256 e. The van der Waals surface area contributed by atoms with Crippen molar-refractivity contribution in [3.05, 3.63) is 47.8 Å². The Kier molecular flexibility index (Phi) is 5.32. The van der Waals surface area contributed by atoms with Crippen LogP contribution in [0.15, 0.2) is 36.5 Å². The molecule has 1 amide bonds. The monoisotopic (exact) mass is 396 g/mol. The van der Waals surface area contributed by atoms with E-state index in [0.717, 1.165) is 38.3 Å². The van der Waals surface area contributed by atoms with Crippen molar-refractivity contribution in [2.75, 3.05) is 44.2 Å². The predicted octanol–water partition coefficient (Wildman–Crippen LogP) is 1.97. The Hall–Kier alpha value is -2.80. The number of piperazine rings is 1. The molecule has 1 N–H and O–H groups in total. The summed E-state index contributed by atoms with van der Waals surface area (Å²) >= 11 is 0. The molecule has 2 aliphatic rings. The normalized spacial score (nSPS) is 20.7. The molecule has 3 heterocycles. The number of ketones is 1. The maximum atomic E-state index is 13.4.